The van der Waals surface area contributed by atoms with Crippen LogP contribution >= 0.6 is 11.8 Å². The maximum absolute atomic E-state index is 13.0. The van der Waals surface area contributed by atoms with Gasteiger partial charge < -0.3 is 10.2 Å². The molecule has 0 saturated carbocycles. The van der Waals surface area contributed by atoms with Crippen LogP contribution in [-0.2, 0) is 9.59 Å². The summed E-state index contributed by atoms with van der Waals surface area (Å²) < 4.78 is -1.19. The Labute approximate surface area is 146 Å². The first-order valence-corrected chi connectivity index (χ1v) is 8.75. The van der Waals surface area contributed by atoms with Crippen LogP contribution in [-0.4, -0.2) is 23.1 Å². The zero-order valence-corrected chi connectivity index (χ0v) is 14.8. The van der Waals surface area contributed by atoms with Gasteiger partial charge >= 0.3 is 0 Å². The number of nitrogens with zero attached hydrogens (tertiary/aromatic N) is 1. The largest absolute Gasteiger partial charge is 0.324 e. The number of rotatable bonds is 3. The molecule has 1 aliphatic rings. The second-order valence-electron chi connectivity index (χ2n) is 5.98. The van der Waals surface area contributed by atoms with E-state index in [4.69, 9.17) is 0 Å². The van der Waals surface area contributed by atoms with E-state index >= 15 is 0 Å². The molecule has 0 bridgehead atoms. The Kier molecular flexibility index (Phi) is 4.37. The standard InChI is InChI=1S/C19H20N2O2S/c1-4-21-15-10-5-6-11-16(15)24-19(3,18(21)23)17(22)20-14-9-7-8-13(2)12-14/h5-12H,4H2,1-3H3,(H,20,22). The topological polar surface area (TPSA) is 49.4 Å². The Bertz CT molecular complexity index is 805. The zero-order chi connectivity index (χ0) is 17.3. The zero-order valence-electron chi connectivity index (χ0n) is 14.0. The van der Waals surface area contributed by atoms with Gasteiger partial charge in [0.15, 0.2) is 4.75 Å². The molecule has 0 saturated heterocycles. The van der Waals surface area contributed by atoms with Gasteiger partial charge in [-0.15, -0.1) is 0 Å². The summed E-state index contributed by atoms with van der Waals surface area (Å²) in [4.78, 5) is 28.5. The van der Waals surface area contributed by atoms with Gasteiger partial charge in [0.25, 0.3) is 5.91 Å². The molecular weight excluding hydrogens is 320 g/mol. The van der Waals surface area contributed by atoms with Crippen molar-refractivity contribution >= 4 is 35.0 Å². The van der Waals surface area contributed by atoms with Crippen LogP contribution in [0, 0.1) is 6.92 Å². The number of carbonyl (C=O) groups excluding carboxylic acids is 2. The van der Waals surface area contributed by atoms with Gasteiger partial charge in [-0.25, -0.2) is 0 Å². The van der Waals surface area contributed by atoms with Crippen LogP contribution in [0.4, 0.5) is 11.4 Å². The van der Waals surface area contributed by atoms with Gasteiger partial charge in [-0.1, -0.05) is 36.0 Å². The predicted octanol–water partition coefficient (Wildman–Crippen LogP) is 3.85. The maximum Gasteiger partial charge on any atom is 0.252 e. The van der Waals surface area contributed by atoms with Gasteiger partial charge in [0.2, 0.25) is 5.91 Å². The average molecular weight is 340 g/mol. The molecule has 0 aromatic heterocycles. The van der Waals surface area contributed by atoms with E-state index in [1.165, 1.54) is 11.8 Å². The molecule has 0 fully saturated rings. The normalized spacial score (nSPS) is 19.8. The highest BCUT2D eigenvalue weighted by Crippen LogP contribution is 2.45. The highest BCUT2D eigenvalue weighted by molar-refractivity contribution is 8.02. The van der Waals surface area contributed by atoms with Crippen LogP contribution in [0.25, 0.3) is 0 Å². The van der Waals surface area contributed by atoms with Crippen molar-refractivity contribution in [2.45, 2.75) is 30.4 Å². The SMILES string of the molecule is CCN1C(=O)C(C)(C(=O)Nc2cccc(C)c2)Sc2ccccc21. The molecule has 0 aliphatic carbocycles. The maximum atomic E-state index is 13.0. The lowest BCUT2D eigenvalue weighted by Gasteiger charge is -2.38. The lowest BCUT2D eigenvalue weighted by Crippen LogP contribution is -2.54. The van der Waals surface area contributed by atoms with E-state index in [0.717, 1.165) is 16.1 Å². The fourth-order valence-corrected chi connectivity index (χ4v) is 4.04. The number of hydrogen-bond acceptors (Lipinski definition) is 3. The van der Waals surface area contributed by atoms with Crippen LogP contribution < -0.4 is 10.2 Å². The number of benzene rings is 2. The molecule has 24 heavy (non-hydrogen) atoms. The molecular formula is C19H20N2O2S. The van der Waals surface area contributed by atoms with Crippen molar-refractivity contribution < 1.29 is 9.59 Å². The number of amides is 2. The molecule has 0 spiro atoms. The number of anilines is 2. The van der Waals surface area contributed by atoms with Crippen LogP contribution in [0.5, 0.6) is 0 Å². The second-order valence-corrected chi connectivity index (χ2v) is 7.44. The van der Waals surface area contributed by atoms with Crippen molar-refractivity contribution in [1.29, 1.82) is 0 Å². The van der Waals surface area contributed by atoms with Crippen LogP contribution in [0.1, 0.15) is 19.4 Å². The summed E-state index contributed by atoms with van der Waals surface area (Å²) in [6, 6.07) is 15.3. The van der Waals surface area contributed by atoms with Gasteiger partial charge in [0.1, 0.15) is 0 Å². The molecule has 2 amide bonds. The third-order valence-electron chi connectivity index (χ3n) is 4.15. The summed E-state index contributed by atoms with van der Waals surface area (Å²) in [5, 5.41) is 2.89. The van der Waals surface area contributed by atoms with Crippen molar-refractivity contribution in [1.82, 2.24) is 0 Å². The number of aryl methyl sites for hydroxylation is 1. The highest BCUT2D eigenvalue weighted by Gasteiger charge is 2.48. The van der Waals surface area contributed by atoms with Gasteiger partial charge in [0, 0.05) is 17.1 Å². The summed E-state index contributed by atoms with van der Waals surface area (Å²) in [6.45, 7) is 6.12. The number of thioether (sulfide) groups is 1. The second kappa shape index (κ2) is 6.32. The van der Waals surface area contributed by atoms with Gasteiger partial charge in [-0.05, 0) is 50.6 Å². The first-order valence-electron chi connectivity index (χ1n) is 7.94. The van der Waals surface area contributed by atoms with E-state index in [0.29, 0.717) is 12.2 Å². The fraction of sp³-hybridized carbons (Fsp3) is 0.263. The molecule has 1 unspecified atom stereocenters. The lowest BCUT2D eigenvalue weighted by molar-refractivity contribution is -0.128. The van der Waals surface area contributed by atoms with E-state index < -0.39 is 4.75 Å². The summed E-state index contributed by atoms with van der Waals surface area (Å²) in [6.07, 6.45) is 0. The lowest BCUT2D eigenvalue weighted by atomic mass is 10.1. The number of hydrogen-bond donors (Lipinski definition) is 1. The van der Waals surface area contributed by atoms with Crippen molar-refractivity contribution in [3.8, 4) is 0 Å². The van der Waals surface area contributed by atoms with Crippen LogP contribution in [0.3, 0.4) is 0 Å². The minimum atomic E-state index is -1.19. The molecule has 0 radical (unpaired) electrons. The van der Waals surface area contributed by atoms with E-state index in [-0.39, 0.29) is 11.8 Å². The number of fused-ring (bicyclic) bond motifs is 1. The molecule has 3 rings (SSSR count). The van der Waals surface area contributed by atoms with Crippen molar-refractivity contribution in [3.63, 3.8) is 0 Å². The molecule has 124 valence electrons. The molecule has 5 heteroatoms. The van der Waals surface area contributed by atoms with Crippen LogP contribution in [0.15, 0.2) is 53.4 Å². The third-order valence-corrected chi connectivity index (χ3v) is 5.48. The molecule has 2 aromatic rings. The van der Waals surface area contributed by atoms with Crippen molar-refractivity contribution in [3.05, 3.63) is 54.1 Å². The van der Waals surface area contributed by atoms with E-state index in [9.17, 15) is 9.59 Å². The van der Waals surface area contributed by atoms with Crippen molar-refractivity contribution in [2.75, 3.05) is 16.8 Å². The van der Waals surface area contributed by atoms with Gasteiger partial charge in [0.05, 0.1) is 5.69 Å². The Morgan fingerprint density at radius 2 is 1.96 bits per heavy atom. The summed E-state index contributed by atoms with van der Waals surface area (Å²) in [5.74, 6) is -0.477. The first kappa shape index (κ1) is 16.6. The Morgan fingerprint density at radius 3 is 2.67 bits per heavy atom. The van der Waals surface area contributed by atoms with E-state index in [2.05, 4.69) is 5.32 Å². The minimum absolute atomic E-state index is 0.182. The quantitative estimate of drug-likeness (QED) is 0.864. The molecule has 1 aliphatic heterocycles. The van der Waals surface area contributed by atoms with Crippen LogP contribution in [0.2, 0.25) is 0 Å². The summed E-state index contributed by atoms with van der Waals surface area (Å²) in [7, 11) is 0. The molecule has 1 heterocycles. The van der Waals surface area contributed by atoms with Gasteiger partial charge in [-0.3, -0.25) is 9.59 Å². The smallest absolute Gasteiger partial charge is 0.252 e. The van der Waals surface area contributed by atoms with Crippen molar-refractivity contribution in [2.24, 2.45) is 0 Å². The number of carbonyl (C=O) groups is 2. The summed E-state index contributed by atoms with van der Waals surface area (Å²) >= 11 is 1.31. The summed E-state index contributed by atoms with van der Waals surface area (Å²) in [5.41, 5.74) is 2.63. The predicted molar refractivity (Wildman–Crippen MR) is 98.5 cm³/mol. The van der Waals surface area contributed by atoms with E-state index in [1.54, 1.807) is 11.8 Å². The fourth-order valence-electron chi connectivity index (χ4n) is 2.83. The highest BCUT2D eigenvalue weighted by atomic mass is 32.2. The van der Waals surface area contributed by atoms with Gasteiger partial charge in [-0.2, -0.15) is 0 Å². The molecule has 2 aromatic carbocycles. The monoisotopic (exact) mass is 340 g/mol. The molecule has 1 N–H and O–H groups in total. The number of para-hydroxylation sites is 1. The molecule has 1 atom stereocenters. The Hall–Kier alpha value is -2.27. The average Bonchev–Trinajstić information content (AvgIpc) is 2.56. The molecule has 4 nitrogen and oxygen atoms in total. The third kappa shape index (κ3) is 2.80. The minimum Gasteiger partial charge on any atom is -0.324 e. The first-order chi connectivity index (χ1) is 11.5. The number of nitrogens with one attached hydrogen (secondary N) is 1. The van der Waals surface area contributed by atoms with E-state index in [1.807, 2.05) is 62.4 Å². The Morgan fingerprint density at radius 1 is 1.21 bits per heavy atom. The Balaban J connectivity index is 1.94.